The molecule has 1 aliphatic rings. The summed E-state index contributed by atoms with van der Waals surface area (Å²) in [6.45, 7) is 1.90. The molecule has 0 saturated heterocycles. The number of carbonyl (C=O) groups is 1. The SMILES string of the molecule is CCCB(O)O.O=C(O)C1CCCC1. The Bertz CT molecular complexity index is 155. The summed E-state index contributed by atoms with van der Waals surface area (Å²) in [6, 6.07) is 0. The van der Waals surface area contributed by atoms with Crippen molar-refractivity contribution in [2.75, 3.05) is 0 Å². The standard InChI is InChI=1S/C6H10O2.C3H9BO2/c7-6(8)5-3-1-2-4-5;1-2-3-4(5)6/h5H,1-4H2,(H,7,8);5-6H,2-3H2,1H3. The highest BCUT2D eigenvalue weighted by Crippen LogP contribution is 2.24. The summed E-state index contributed by atoms with van der Waals surface area (Å²) in [7, 11) is -1.10. The van der Waals surface area contributed by atoms with Gasteiger partial charge in [-0.05, 0) is 19.2 Å². The highest BCUT2D eigenvalue weighted by molar-refractivity contribution is 6.40. The van der Waals surface area contributed by atoms with Crippen molar-refractivity contribution in [3.63, 3.8) is 0 Å². The molecule has 0 aliphatic heterocycles. The van der Waals surface area contributed by atoms with Crippen LogP contribution in [0.15, 0.2) is 0 Å². The quantitative estimate of drug-likeness (QED) is 0.599. The maximum atomic E-state index is 10.2. The van der Waals surface area contributed by atoms with Crippen molar-refractivity contribution in [3.05, 3.63) is 0 Å². The van der Waals surface area contributed by atoms with Crippen LogP contribution in [0, 0.1) is 5.92 Å². The van der Waals surface area contributed by atoms with Crippen LogP contribution in [0.1, 0.15) is 39.0 Å². The second-order valence-electron chi connectivity index (χ2n) is 3.59. The van der Waals surface area contributed by atoms with Crippen LogP contribution in [0.5, 0.6) is 0 Å². The van der Waals surface area contributed by atoms with Gasteiger partial charge in [0.05, 0.1) is 5.92 Å². The molecule has 0 aromatic rings. The average molecular weight is 202 g/mol. The average Bonchev–Trinajstić information content (AvgIpc) is 2.56. The van der Waals surface area contributed by atoms with Gasteiger partial charge in [-0.15, -0.1) is 0 Å². The Morgan fingerprint density at radius 3 is 2.00 bits per heavy atom. The molecule has 3 N–H and O–H groups in total. The van der Waals surface area contributed by atoms with E-state index in [2.05, 4.69) is 0 Å². The molecule has 0 radical (unpaired) electrons. The monoisotopic (exact) mass is 202 g/mol. The normalized spacial score (nSPS) is 15.9. The molecule has 1 fully saturated rings. The van der Waals surface area contributed by atoms with E-state index in [9.17, 15) is 4.79 Å². The highest BCUT2D eigenvalue weighted by atomic mass is 16.4. The summed E-state index contributed by atoms with van der Waals surface area (Å²) in [5.41, 5.74) is 0. The minimum Gasteiger partial charge on any atom is -0.481 e. The fraction of sp³-hybridized carbons (Fsp3) is 0.889. The number of rotatable bonds is 3. The molecule has 14 heavy (non-hydrogen) atoms. The van der Waals surface area contributed by atoms with Crippen LogP contribution in [-0.2, 0) is 4.79 Å². The van der Waals surface area contributed by atoms with Gasteiger partial charge in [0.15, 0.2) is 0 Å². The number of carboxylic acids is 1. The molecule has 0 spiro atoms. The van der Waals surface area contributed by atoms with E-state index in [0.717, 1.165) is 32.1 Å². The van der Waals surface area contributed by atoms with Gasteiger partial charge in [0, 0.05) is 0 Å². The third-order valence-corrected chi connectivity index (χ3v) is 2.25. The van der Waals surface area contributed by atoms with Crippen molar-refractivity contribution in [1.82, 2.24) is 0 Å². The first kappa shape index (κ1) is 13.5. The van der Waals surface area contributed by atoms with Gasteiger partial charge in [0.25, 0.3) is 0 Å². The van der Waals surface area contributed by atoms with Crippen LogP contribution in [0.3, 0.4) is 0 Å². The molecular weight excluding hydrogens is 183 g/mol. The van der Waals surface area contributed by atoms with Crippen LogP contribution in [-0.4, -0.2) is 28.2 Å². The minimum atomic E-state index is -1.10. The molecule has 0 atom stereocenters. The maximum Gasteiger partial charge on any atom is 0.451 e. The molecule has 0 aromatic heterocycles. The van der Waals surface area contributed by atoms with E-state index >= 15 is 0 Å². The molecule has 1 aliphatic carbocycles. The van der Waals surface area contributed by atoms with E-state index in [-0.39, 0.29) is 5.92 Å². The zero-order valence-corrected chi connectivity index (χ0v) is 8.65. The molecule has 1 rings (SSSR count). The van der Waals surface area contributed by atoms with Gasteiger partial charge in [-0.25, -0.2) is 0 Å². The Labute approximate surface area is 85.1 Å². The Hall–Kier alpha value is -0.545. The third kappa shape index (κ3) is 6.92. The van der Waals surface area contributed by atoms with Crippen LogP contribution in [0.2, 0.25) is 6.32 Å². The van der Waals surface area contributed by atoms with Crippen LogP contribution in [0.4, 0.5) is 0 Å². The van der Waals surface area contributed by atoms with E-state index in [1.165, 1.54) is 0 Å². The van der Waals surface area contributed by atoms with Gasteiger partial charge in [-0.2, -0.15) is 0 Å². The molecule has 0 amide bonds. The summed E-state index contributed by atoms with van der Waals surface area (Å²) in [5, 5.41) is 24.6. The van der Waals surface area contributed by atoms with Gasteiger partial charge in [0.2, 0.25) is 0 Å². The first-order valence-corrected chi connectivity index (χ1v) is 5.16. The van der Waals surface area contributed by atoms with E-state index in [1.54, 1.807) is 0 Å². The lowest BCUT2D eigenvalue weighted by Crippen LogP contribution is -2.08. The van der Waals surface area contributed by atoms with Crippen LogP contribution in [0.25, 0.3) is 0 Å². The van der Waals surface area contributed by atoms with Crippen molar-refractivity contribution in [2.45, 2.75) is 45.3 Å². The molecule has 5 heteroatoms. The topological polar surface area (TPSA) is 77.8 Å². The second kappa shape index (κ2) is 7.82. The molecule has 0 aromatic carbocycles. The summed E-state index contributed by atoms with van der Waals surface area (Å²) < 4.78 is 0. The lowest BCUT2D eigenvalue weighted by atomic mass is 9.85. The zero-order chi connectivity index (χ0) is 11.0. The van der Waals surface area contributed by atoms with E-state index < -0.39 is 13.1 Å². The van der Waals surface area contributed by atoms with Crippen molar-refractivity contribution in [1.29, 1.82) is 0 Å². The van der Waals surface area contributed by atoms with Crippen molar-refractivity contribution >= 4 is 13.1 Å². The van der Waals surface area contributed by atoms with Gasteiger partial charge < -0.3 is 15.2 Å². The number of hydrogen-bond donors (Lipinski definition) is 3. The van der Waals surface area contributed by atoms with Gasteiger partial charge in [-0.1, -0.05) is 26.2 Å². The molecule has 0 unspecified atom stereocenters. The number of carboxylic acid groups (broad SMARTS) is 1. The molecule has 0 heterocycles. The fourth-order valence-corrected chi connectivity index (χ4v) is 1.43. The van der Waals surface area contributed by atoms with Gasteiger partial charge >= 0.3 is 13.1 Å². The van der Waals surface area contributed by atoms with Gasteiger partial charge in [0.1, 0.15) is 0 Å². The van der Waals surface area contributed by atoms with Crippen molar-refractivity contribution in [2.24, 2.45) is 5.92 Å². The largest absolute Gasteiger partial charge is 0.481 e. The van der Waals surface area contributed by atoms with Crippen molar-refractivity contribution in [3.8, 4) is 0 Å². The lowest BCUT2D eigenvalue weighted by Gasteiger charge is -1.97. The molecular formula is C9H19BO4. The Kier molecular flexibility index (Phi) is 7.52. The Morgan fingerprint density at radius 1 is 1.36 bits per heavy atom. The third-order valence-electron chi connectivity index (χ3n) is 2.25. The molecule has 82 valence electrons. The summed E-state index contributed by atoms with van der Waals surface area (Å²) in [6.07, 6.45) is 5.33. The lowest BCUT2D eigenvalue weighted by molar-refractivity contribution is -0.141. The second-order valence-corrected chi connectivity index (χ2v) is 3.59. The minimum absolute atomic E-state index is 0.0185. The van der Waals surface area contributed by atoms with Gasteiger partial charge in [-0.3, -0.25) is 4.79 Å². The predicted molar refractivity (Wildman–Crippen MR) is 54.9 cm³/mol. The highest BCUT2D eigenvalue weighted by Gasteiger charge is 2.20. The zero-order valence-electron chi connectivity index (χ0n) is 8.65. The molecule has 1 saturated carbocycles. The van der Waals surface area contributed by atoms with Crippen LogP contribution < -0.4 is 0 Å². The van der Waals surface area contributed by atoms with E-state index in [1.807, 2.05) is 6.92 Å². The number of aliphatic carboxylic acids is 1. The molecule has 0 bridgehead atoms. The summed E-state index contributed by atoms with van der Waals surface area (Å²) in [5.74, 6) is -0.627. The van der Waals surface area contributed by atoms with Crippen LogP contribution >= 0.6 is 0 Å². The smallest absolute Gasteiger partial charge is 0.451 e. The first-order valence-electron chi connectivity index (χ1n) is 5.16. The van der Waals surface area contributed by atoms with E-state index in [4.69, 9.17) is 15.2 Å². The predicted octanol–water partition coefficient (Wildman–Crippen LogP) is 1.13. The Balaban J connectivity index is 0.000000255. The first-order chi connectivity index (χ1) is 6.57. The van der Waals surface area contributed by atoms with E-state index in [0.29, 0.717) is 6.32 Å². The summed E-state index contributed by atoms with van der Waals surface area (Å²) in [4.78, 5) is 10.2. The maximum absolute atomic E-state index is 10.2. The molecule has 4 nitrogen and oxygen atoms in total. The fourth-order valence-electron chi connectivity index (χ4n) is 1.43. The Morgan fingerprint density at radius 2 is 1.86 bits per heavy atom. The number of hydrogen-bond acceptors (Lipinski definition) is 3. The van der Waals surface area contributed by atoms with Crippen molar-refractivity contribution < 1.29 is 19.9 Å². The summed E-state index contributed by atoms with van der Waals surface area (Å²) >= 11 is 0.